The molecule has 1 fully saturated rings. The number of hydrogen-bond acceptors (Lipinski definition) is 7. The SMILES string of the molecule is CCS(=O)(=O)c1ccc(CC(=O)Nc2nnc(C3CC(=O)N(c4ccccc4)C3)o2)cc1. The number of hydrogen-bond donors (Lipinski definition) is 1. The summed E-state index contributed by atoms with van der Waals surface area (Å²) in [5, 5.41) is 10.4. The van der Waals surface area contributed by atoms with Gasteiger partial charge in [0.1, 0.15) is 0 Å². The van der Waals surface area contributed by atoms with E-state index in [1.54, 1.807) is 24.0 Å². The first-order valence-corrected chi connectivity index (χ1v) is 11.8. The lowest BCUT2D eigenvalue weighted by molar-refractivity contribution is -0.117. The molecule has 1 N–H and O–H groups in total. The van der Waals surface area contributed by atoms with E-state index in [9.17, 15) is 18.0 Å². The molecule has 1 unspecified atom stereocenters. The second kappa shape index (κ2) is 8.91. The summed E-state index contributed by atoms with van der Waals surface area (Å²) in [5.41, 5.74) is 1.46. The maximum absolute atomic E-state index is 12.4. The highest BCUT2D eigenvalue weighted by Gasteiger charge is 2.35. The molecule has 0 spiro atoms. The highest BCUT2D eigenvalue weighted by molar-refractivity contribution is 7.91. The number of aromatic nitrogens is 2. The Hall–Kier alpha value is -3.53. The normalized spacial score (nSPS) is 16.3. The number of anilines is 2. The Labute approximate surface area is 185 Å². The number of nitrogens with zero attached hydrogens (tertiary/aromatic N) is 3. The minimum absolute atomic E-state index is 0.0159. The van der Waals surface area contributed by atoms with E-state index >= 15 is 0 Å². The molecule has 1 atom stereocenters. The largest absolute Gasteiger partial charge is 0.407 e. The van der Waals surface area contributed by atoms with Crippen LogP contribution in [-0.4, -0.2) is 42.7 Å². The fourth-order valence-electron chi connectivity index (χ4n) is 3.51. The van der Waals surface area contributed by atoms with Crippen molar-refractivity contribution in [2.45, 2.75) is 30.6 Å². The third-order valence-electron chi connectivity index (χ3n) is 5.26. The van der Waals surface area contributed by atoms with Gasteiger partial charge in [-0.15, -0.1) is 5.10 Å². The Morgan fingerprint density at radius 1 is 1.12 bits per heavy atom. The zero-order chi connectivity index (χ0) is 22.7. The van der Waals surface area contributed by atoms with Crippen molar-refractivity contribution in [2.24, 2.45) is 0 Å². The molecule has 4 rings (SSSR count). The molecule has 2 amide bonds. The van der Waals surface area contributed by atoms with Crippen LogP contribution < -0.4 is 10.2 Å². The van der Waals surface area contributed by atoms with Gasteiger partial charge < -0.3 is 9.32 Å². The van der Waals surface area contributed by atoms with Crippen LogP contribution in [0.4, 0.5) is 11.7 Å². The molecule has 32 heavy (non-hydrogen) atoms. The Morgan fingerprint density at radius 2 is 1.84 bits per heavy atom. The predicted molar refractivity (Wildman–Crippen MR) is 117 cm³/mol. The van der Waals surface area contributed by atoms with Gasteiger partial charge in [-0.05, 0) is 29.8 Å². The molecule has 0 radical (unpaired) electrons. The lowest BCUT2D eigenvalue weighted by Gasteiger charge is -2.15. The highest BCUT2D eigenvalue weighted by Crippen LogP contribution is 2.31. The van der Waals surface area contributed by atoms with Crippen LogP contribution in [0.3, 0.4) is 0 Å². The Morgan fingerprint density at radius 3 is 2.53 bits per heavy atom. The Bertz CT molecular complexity index is 1220. The highest BCUT2D eigenvalue weighted by atomic mass is 32.2. The molecule has 166 valence electrons. The number of sulfone groups is 1. The number of carbonyl (C=O) groups excluding carboxylic acids is 2. The van der Waals surface area contributed by atoms with Crippen molar-refractivity contribution < 1.29 is 22.4 Å². The number of nitrogens with one attached hydrogen (secondary N) is 1. The molecule has 2 heterocycles. The maximum atomic E-state index is 12.4. The fourth-order valence-corrected chi connectivity index (χ4v) is 4.39. The molecule has 1 saturated heterocycles. The van der Waals surface area contributed by atoms with Gasteiger partial charge in [0.15, 0.2) is 9.84 Å². The molecule has 1 aliphatic heterocycles. The average molecular weight is 455 g/mol. The Kier molecular flexibility index (Phi) is 6.04. The zero-order valence-corrected chi connectivity index (χ0v) is 18.2. The van der Waals surface area contributed by atoms with Crippen LogP contribution in [0.15, 0.2) is 63.9 Å². The van der Waals surface area contributed by atoms with Crippen molar-refractivity contribution in [2.75, 3.05) is 22.5 Å². The van der Waals surface area contributed by atoms with Crippen LogP contribution in [0, 0.1) is 0 Å². The summed E-state index contributed by atoms with van der Waals surface area (Å²) in [6.45, 7) is 2.00. The predicted octanol–water partition coefficient (Wildman–Crippen LogP) is 2.56. The lowest BCUT2D eigenvalue weighted by atomic mass is 10.1. The van der Waals surface area contributed by atoms with Gasteiger partial charge in [0.2, 0.25) is 17.7 Å². The molecule has 9 nitrogen and oxygen atoms in total. The van der Waals surface area contributed by atoms with Crippen molar-refractivity contribution in [3.63, 3.8) is 0 Å². The molecule has 1 aliphatic rings. The van der Waals surface area contributed by atoms with E-state index in [1.807, 2.05) is 30.3 Å². The molecule has 3 aromatic rings. The average Bonchev–Trinajstić information content (AvgIpc) is 3.41. The van der Waals surface area contributed by atoms with Crippen molar-refractivity contribution in [1.29, 1.82) is 0 Å². The molecular weight excluding hydrogens is 432 g/mol. The summed E-state index contributed by atoms with van der Waals surface area (Å²) >= 11 is 0. The first-order valence-electron chi connectivity index (χ1n) is 10.2. The quantitative estimate of drug-likeness (QED) is 0.582. The minimum atomic E-state index is -3.28. The second-order valence-electron chi connectivity index (χ2n) is 7.46. The van der Waals surface area contributed by atoms with E-state index in [0.717, 1.165) is 5.69 Å². The molecule has 10 heteroatoms. The van der Waals surface area contributed by atoms with Gasteiger partial charge in [-0.3, -0.25) is 14.9 Å². The van der Waals surface area contributed by atoms with E-state index in [4.69, 9.17) is 4.42 Å². The monoisotopic (exact) mass is 454 g/mol. The molecule has 2 aromatic carbocycles. The van der Waals surface area contributed by atoms with Gasteiger partial charge in [0, 0.05) is 18.7 Å². The van der Waals surface area contributed by atoms with Crippen molar-refractivity contribution in [1.82, 2.24) is 10.2 Å². The molecule has 0 bridgehead atoms. The summed E-state index contributed by atoms with van der Waals surface area (Å²) in [7, 11) is -3.28. The van der Waals surface area contributed by atoms with Crippen LogP contribution in [0.1, 0.15) is 30.7 Å². The van der Waals surface area contributed by atoms with E-state index in [1.165, 1.54) is 12.1 Å². The summed E-state index contributed by atoms with van der Waals surface area (Å²) < 4.78 is 29.3. The number of rotatable bonds is 7. The zero-order valence-electron chi connectivity index (χ0n) is 17.4. The van der Waals surface area contributed by atoms with E-state index in [-0.39, 0.29) is 47.2 Å². The number of para-hydroxylation sites is 1. The van der Waals surface area contributed by atoms with Crippen LogP contribution in [0.5, 0.6) is 0 Å². The van der Waals surface area contributed by atoms with Gasteiger partial charge in [-0.25, -0.2) is 8.42 Å². The van der Waals surface area contributed by atoms with E-state index in [2.05, 4.69) is 15.5 Å². The third-order valence-corrected chi connectivity index (χ3v) is 7.01. The summed E-state index contributed by atoms with van der Waals surface area (Å²) in [4.78, 5) is 26.6. The molecule has 1 aromatic heterocycles. The molecular formula is C22H22N4O5S. The molecule has 0 saturated carbocycles. The van der Waals surface area contributed by atoms with Crippen LogP contribution in [0.2, 0.25) is 0 Å². The number of amides is 2. The maximum Gasteiger partial charge on any atom is 0.322 e. The lowest BCUT2D eigenvalue weighted by Crippen LogP contribution is -2.24. The third kappa shape index (κ3) is 4.70. The van der Waals surface area contributed by atoms with Crippen molar-refractivity contribution in [3.8, 4) is 0 Å². The van der Waals surface area contributed by atoms with Crippen molar-refractivity contribution >= 4 is 33.4 Å². The van der Waals surface area contributed by atoms with E-state index < -0.39 is 9.84 Å². The Balaban J connectivity index is 1.36. The minimum Gasteiger partial charge on any atom is -0.407 e. The molecule has 0 aliphatic carbocycles. The summed E-state index contributed by atoms with van der Waals surface area (Å²) in [6.07, 6.45) is 0.269. The van der Waals surface area contributed by atoms with Crippen LogP contribution >= 0.6 is 0 Å². The first-order chi connectivity index (χ1) is 15.4. The summed E-state index contributed by atoms with van der Waals surface area (Å²) in [5.74, 6) is -0.351. The van der Waals surface area contributed by atoms with Gasteiger partial charge in [0.05, 0.1) is 23.0 Å². The van der Waals surface area contributed by atoms with Crippen LogP contribution in [0.25, 0.3) is 0 Å². The summed E-state index contributed by atoms with van der Waals surface area (Å²) in [6, 6.07) is 15.5. The van der Waals surface area contributed by atoms with Gasteiger partial charge in [-0.1, -0.05) is 42.4 Å². The fraction of sp³-hybridized carbons (Fsp3) is 0.273. The number of benzene rings is 2. The number of carbonyl (C=O) groups is 2. The van der Waals surface area contributed by atoms with Gasteiger partial charge in [0.25, 0.3) is 0 Å². The van der Waals surface area contributed by atoms with Crippen LogP contribution in [-0.2, 0) is 25.8 Å². The topological polar surface area (TPSA) is 122 Å². The second-order valence-corrected chi connectivity index (χ2v) is 9.74. The van der Waals surface area contributed by atoms with E-state index in [0.29, 0.717) is 18.0 Å². The first kappa shape index (κ1) is 21.7. The van der Waals surface area contributed by atoms with Gasteiger partial charge >= 0.3 is 6.01 Å². The smallest absolute Gasteiger partial charge is 0.322 e. The van der Waals surface area contributed by atoms with Crippen molar-refractivity contribution in [3.05, 3.63) is 66.1 Å². The van der Waals surface area contributed by atoms with Gasteiger partial charge in [-0.2, -0.15) is 0 Å². The standard InChI is InChI=1S/C22H22N4O5S/c1-2-32(29,30)18-10-8-15(9-11-18)12-19(27)23-22-25-24-21(31-22)16-13-20(28)26(14-16)17-6-4-3-5-7-17/h3-11,16H,2,12-14H2,1H3,(H,23,25,27).